The summed E-state index contributed by atoms with van der Waals surface area (Å²) >= 11 is 0. The first kappa shape index (κ1) is 15.7. The number of rotatable bonds is 5. The lowest BCUT2D eigenvalue weighted by atomic mass is 9.83. The van der Waals surface area contributed by atoms with Crippen molar-refractivity contribution < 1.29 is 9.90 Å². The van der Waals surface area contributed by atoms with E-state index in [-0.39, 0.29) is 12.0 Å². The highest BCUT2D eigenvalue weighted by atomic mass is 16.3. The summed E-state index contributed by atoms with van der Waals surface area (Å²) in [6.07, 6.45) is -1.13. The van der Waals surface area contributed by atoms with Crippen molar-refractivity contribution in [3.63, 3.8) is 0 Å². The minimum atomic E-state index is -1.13. The molecule has 106 valence electrons. The zero-order valence-electron chi connectivity index (χ0n) is 12.2. The lowest BCUT2D eigenvalue weighted by Gasteiger charge is -2.27. The molecular weight excluding hydrogens is 240 g/mol. The van der Waals surface area contributed by atoms with Gasteiger partial charge < -0.3 is 16.2 Å². The van der Waals surface area contributed by atoms with E-state index in [1.54, 1.807) is 0 Å². The van der Waals surface area contributed by atoms with Crippen LogP contribution in [0.2, 0.25) is 0 Å². The van der Waals surface area contributed by atoms with Crippen molar-refractivity contribution in [2.75, 3.05) is 13.1 Å². The average molecular weight is 264 g/mol. The van der Waals surface area contributed by atoms with Crippen LogP contribution in [0.4, 0.5) is 0 Å². The van der Waals surface area contributed by atoms with E-state index < -0.39 is 12.0 Å². The van der Waals surface area contributed by atoms with Gasteiger partial charge in [0.25, 0.3) is 0 Å². The summed E-state index contributed by atoms with van der Waals surface area (Å²) in [6.45, 7) is 8.68. The monoisotopic (exact) mass is 264 g/mol. The van der Waals surface area contributed by atoms with Crippen LogP contribution < -0.4 is 11.1 Å². The number of amides is 1. The van der Waals surface area contributed by atoms with Gasteiger partial charge in [-0.1, -0.05) is 32.0 Å². The Balaban J connectivity index is 2.75. The molecule has 1 amide bonds. The van der Waals surface area contributed by atoms with Crippen LogP contribution in [0.15, 0.2) is 18.2 Å². The van der Waals surface area contributed by atoms with E-state index in [9.17, 15) is 9.90 Å². The zero-order valence-corrected chi connectivity index (χ0v) is 12.2. The Morgan fingerprint density at radius 2 is 2.00 bits per heavy atom. The summed E-state index contributed by atoms with van der Waals surface area (Å²) < 4.78 is 0. The molecule has 1 atom stereocenters. The molecule has 0 aromatic heterocycles. The summed E-state index contributed by atoms with van der Waals surface area (Å²) in [5.74, 6) is -0.417. The van der Waals surface area contributed by atoms with Crippen molar-refractivity contribution in [1.82, 2.24) is 5.32 Å². The largest absolute Gasteiger partial charge is 0.382 e. The van der Waals surface area contributed by atoms with Gasteiger partial charge in [0, 0.05) is 18.5 Å². The van der Waals surface area contributed by atoms with Gasteiger partial charge in [0.05, 0.1) is 0 Å². The second-order valence-electron chi connectivity index (χ2n) is 5.65. The summed E-state index contributed by atoms with van der Waals surface area (Å²) in [7, 11) is 0. The number of nitrogens with two attached hydrogens (primary N) is 1. The van der Waals surface area contributed by atoms with Crippen LogP contribution in [0.1, 0.15) is 30.5 Å². The maximum absolute atomic E-state index is 11.5. The second-order valence-corrected chi connectivity index (χ2v) is 5.65. The number of hydrogen-bond donors (Lipinski definition) is 3. The van der Waals surface area contributed by atoms with Crippen LogP contribution >= 0.6 is 0 Å². The Morgan fingerprint density at radius 3 is 2.53 bits per heavy atom. The van der Waals surface area contributed by atoms with E-state index >= 15 is 0 Å². The minimum absolute atomic E-state index is 0.0596. The van der Waals surface area contributed by atoms with Crippen molar-refractivity contribution in [1.29, 1.82) is 0 Å². The summed E-state index contributed by atoms with van der Waals surface area (Å²) in [6, 6.07) is 6.30. The molecule has 4 N–H and O–H groups in total. The number of aryl methyl sites for hydroxylation is 2. The number of carbonyl (C=O) groups excluding carboxylic acids is 1. The third kappa shape index (κ3) is 4.04. The second kappa shape index (κ2) is 6.17. The summed E-state index contributed by atoms with van der Waals surface area (Å²) in [5.41, 5.74) is 8.71. The quantitative estimate of drug-likeness (QED) is 0.743. The van der Waals surface area contributed by atoms with Crippen molar-refractivity contribution >= 4 is 5.91 Å². The molecule has 0 aliphatic rings. The third-order valence-electron chi connectivity index (χ3n) is 3.52. The first-order valence-corrected chi connectivity index (χ1v) is 6.51. The molecule has 0 bridgehead atoms. The molecule has 0 saturated heterocycles. The van der Waals surface area contributed by atoms with E-state index in [1.807, 2.05) is 0 Å². The maximum Gasteiger partial charge on any atom is 0.250 e. The fourth-order valence-corrected chi connectivity index (χ4v) is 1.80. The van der Waals surface area contributed by atoms with Crippen LogP contribution in [-0.2, 0) is 10.2 Å². The van der Waals surface area contributed by atoms with Crippen molar-refractivity contribution in [2.45, 2.75) is 39.2 Å². The molecule has 4 nitrogen and oxygen atoms in total. The van der Waals surface area contributed by atoms with E-state index in [0.29, 0.717) is 6.54 Å². The van der Waals surface area contributed by atoms with Gasteiger partial charge in [-0.2, -0.15) is 0 Å². The summed E-state index contributed by atoms with van der Waals surface area (Å²) in [4.78, 5) is 11.5. The van der Waals surface area contributed by atoms with Gasteiger partial charge in [0.2, 0.25) is 5.91 Å². The molecule has 4 heteroatoms. The van der Waals surface area contributed by atoms with Crippen LogP contribution in [0.5, 0.6) is 0 Å². The van der Waals surface area contributed by atoms with E-state index in [0.717, 1.165) is 5.56 Å². The average Bonchev–Trinajstić information content (AvgIpc) is 2.38. The van der Waals surface area contributed by atoms with Gasteiger partial charge in [-0.25, -0.2) is 0 Å². The molecule has 0 aliphatic heterocycles. The lowest BCUT2D eigenvalue weighted by molar-refractivity contribution is -0.129. The van der Waals surface area contributed by atoms with Crippen LogP contribution in [0, 0.1) is 13.8 Å². The number of aliphatic hydroxyl groups is 1. The fraction of sp³-hybridized carbons (Fsp3) is 0.533. The molecule has 0 radical (unpaired) electrons. The van der Waals surface area contributed by atoms with Gasteiger partial charge in [-0.3, -0.25) is 4.79 Å². The standard InChI is InChI=1S/C15H24N2O2/c1-10-5-6-12(7-11(10)2)15(3,4)9-17-14(19)13(18)8-16/h5-7,13,18H,8-9,16H2,1-4H3,(H,17,19). The maximum atomic E-state index is 11.5. The van der Waals surface area contributed by atoms with Gasteiger partial charge >= 0.3 is 0 Å². The zero-order chi connectivity index (χ0) is 14.6. The van der Waals surface area contributed by atoms with Gasteiger partial charge in [0.1, 0.15) is 6.10 Å². The summed E-state index contributed by atoms with van der Waals surface area (Å²) in [5, 5.41) is 12.1. The number of nitrogens with one attached hydrogen (secondary N) is 1. The highest BCUT2D eigenvalue weighted by Crippen LogP contribution is 2.24. The number of benzene rings is 1. The molecule has 1 rings (SSSR count). The van der Waals surface area contributed by atoms with Crippen LogP contribution in [-0.4, -0.2) is 30.2 Å². The SMILES string of the molecule is Cc1ccc(C(C)(C)CNC(=O)C(O)CN)cc1C. The van der Waals surface area contributed by atoms with E-state index in [1.165, 1.54) is 11.1 Å². The third-order valence-corrected chi connectivity index (χ3v) is 3.52. The molecule has 0 spiro atoms. The Morgan fingerprint density at radius 1 is 1.37 bits per heavy atom. The molecule has 0 heterocycles. The van der Waals surface area contributed by atoms with Crippen LogP contribution in [0.25, 0.3) is 0 Å². The van der Waals surface area contributed by atoms with Gasteiger partial charge in [-0.05, 0) is 30.5 Å². The Labute approximate surface area is 115 Å². The number of aliphatic hydroxyl groups excluding tert-OH is 1. The van der Waals surface area contributed by atoms with Crippen molar-refractivity contribution in [3.8, 4) is 0 Å². The molecule has 1 unspecified atom stereocenters. The van der Waals surface area contributed by atoms with Crippen LogP contribution in [0.3, 0.4) is 0 Å². The highest BCUT2D eigenvalue weighted by Gasteiger charge is 2.23. The molecule has 0 aliphatic carbocycles. The first-order valence-electron chi connectivity index (χ1n) is 6.51. The highest BCUT2D eigenvalue weighted by molar-refractivity contribution is 5.80. The minimum Gasteiger partial charge on any atom is -0.382 e. The topological polar surface area (TPSA) is 75.3 Å². The number of carbonyl (C=O) groups is 1. The molecule has 1 aromatic carbocycles. The predicted molar refractivity (Wildman–Crippen MR) is 77.0 cm³/mol. The Bertz CT molecular complexity index is 455. The smallest absolute Gasteiger partial charge is 0.250 e. The lowest BCUT2D eigenvalue weighted by Crippen LogP contribution is -2.44. The molecule has 0 fully saturated rings. The van der Waals surface area contributed by atoms with E-state index in [2.05, 4.69) is 51.2 Å². The predicted octanol–water partition coefficient (Wildman–Crippen LogP) is 1.02. The van der Waals surface area contributed by atoms with Gasteiger partial charge in [-0.15, -0.1) is 0 Å². The number of hydrogen-bond acceptors (Lipinski definition) is 3. The van der Waals surface area contributed by atoms with E-state index in [4.69, 9.17) is 5.73 Å². The molecule has 1 aromatic rings. The Hall–Kier alpha value is -1.39. The Kier molecular flexibility index (Phi) is 5.09. The van der Waals surface area contributed by atoms with Crippen molar-refractivity contribution in [2.24, 2.45) is 5.73 Å². The molecule has 19 heavy (non-hydrogen) atoms. The van der Waals surface area contributed by atoms with Crippen molar-refractivity contribution in [3.05, 3.63) is 34.9 Å². The molecular formula is C15H24N2O2. The normalized spacial score (nSPS) is 13.2. The first-order chi connectivity index (χ1) is 8.77. The molecule has 0 saturated carbocycles. The fourth-order valence-electron chi connectivity index (χ4n) is 1.80. The van der Waals surface area contributed by atoms with Gasteiger partial charge in [0.15, 0.2) is 0 Å².